The number of benzene rings is 1. The van der Waals surface area contributed by atoms with Gasteiger partial charge in [0.15, 0.2) is 23.0 Å². The highest BCUT2D eigenvalue weighted by atomic mass is 16.5. The third-order valence-electron chi connectivity index (χ3n) is 3.38. The number of aromatic nitrogens is 2. The average Bonchev–Trinajstić information content (AvgIpc) is 3.32. The van der Waals surface area contributed by atoms with Crippen LogP contribution in [0.2, 0.25) is 0 Å². The maximum Gasteiger partial charge on any atom is 0.291 e. The molecule has 25 heavy (non-hydrogen) atoms. The van der Waals surface area contributed by atoms with E-state index in [1.54, 1.807) is 56.9 Å². The van der Waals surface area contributed by atoms with Crippen molar-refractivity contribution in [3.63, 3.8) is 0 Å². The molecule has 0 fully saturated rings. The van der Waals surface area contributed by atoms with E-state index in [4.69, 9.17) is 13.9 Å². The lowest BCUT2D eigenvalue weighted by Crippen LogP contribution is -2.18. The number of hydrazone groups is 1. The topological polar surface area (TPSA) is 102 Å². The van der Waals surface area contributed by atoms with E-state index in [9.17, 15) is 4.79 Å². The van der Waals surface area contributed by atoms with Crippen molar-refractivity contribution in [3.8, 4) is 23.0 Å². The summed E-state index contributed by atoms with van der Waals surface area (Å²) in [5, 5.41) is 10.6. The smallest absolute Gasteiger partial charge is 0.291 e. The first kappa shape index (κ1) is 16.3. The highest BCUT2D eigenvalue weighted by molar-refractivity contribution is 5.94. The van der Waals surface area contributed by atoms with Crippen LogP contribution in [-0.2, 0) is 0 Å². The van der Waals surface area contributed by atoms with Crippen LogP contribution in [0, 0.1) is 0 Å². The third-order valence-corrected chi connectivity index (χ3v) is 3.38. The molecule has 128 valence electrons. The molecule has 8 nitrogen and oxygen atoms in total. The second kappa shape index (κ2) is 7.35. The molecule has 3 aromatic rings. The minimum absolute atomic E-state index is 0.205. The Morgan fingerprint density at radius 3 is 2.80 bits per heavy atom. The summed E-state index contributed by atoms with van der Waals surface area (Å²) in [5.41, 5.74) is 3.98. The van der Waals surface area contributed by atoms with Gasteiger partial charge in [-0.25, -0.2) is 5.43 Å². The van der Waals surface area contributed by atoms with Gasteiger partial charge in [0.05, 0.1) is 26.7 Å². The van der Waals surface area contributed by atoms with Gasteiger partial charge in [-0.1, -0.05) is 0 Å². The van der Waals surface area contributed by atoms with Crippen LogP contribution >= 0.6 is 0 Å². The zero-order valence-electron chi connectivity index (χ0n) is 13.6. The molecule has 0 unspecified atom stereocenters. The fourth-order valence-corrected chi connectivity index (χ4v) is 2.15. The Kier molecular flexibility index (Phi) is 4.79. The van der Waals surface area contributed by atoms with Gasteiger partial charge in [0.2, 0.25) is 0 Å². The zero-order valence-corrected chi connectivity index (χ0v) is 13.6. The number of hydrogen-bond acceptors (Lipinski definition) is 6. The van der Waals surface area contributed by atoms with Crippen molar-refractivity contribution in [2.75, 3.05) is 14.2 Å². The summed E-state index contributed by atoms with van der Waals surface area (Å²) in [6.45, 7) is 0. The van der Waals surface area contributed by atoms with E-state index in [0.717, 1.165) is 5.56 Å². The van der Waals surface area contributed by atoms with Crippen molar-refractivity contribution in [1.82, 2.24) is 15.6 Å². The minimum Gasteiger partial charge on any atom is -0.493 e. The molecule has 1 amide bonds. The lowest BCUT2D eigenvalue weighted by atomic mass is 10.2. The van der Waals surface area contributed by atoms with Gasteiger partial charge in [-0.15, -0.1) is 0 Å². The van der Waals surface area contributed by atoms with E-state index in [0.29, 0.717) is 23.0 Å². The van der Waals surface area contributed by atoms with E-state index >= 15 is 0 Å². The highest BCUT2D eigenvalue weighted by Gasteiger charge is 2.12. The molecule has 2 N–H and O–H groups in total. The molecule has 0 atom stereocenters. The van der Waals surface area contributed by atoms with Gasteiger partial charge in [-0.3, -0.25) is 9.89 Å². The highest BCUT2D eigenvalue weighted by Crippen LogP contribution is 2.26. The van der Waals surface area contributed by atoms with Gasteiger partial charge in [0.1, 0.15) is 5.69 Å². The van der Waals surface area contributed by atoms with Crippen LogP contribution in [0.5, 0.6) is 11.5 Å². The van der Waals surface area contributed by atoms with Crippen LogP contribution in [0.1, 0.15) is 16.1 Å². The average molecular weight is 340 g/mol. The number of ether oxygens (including phenoxy) is 2. The minimum atomic E-state index is -0.439. The second-order valence-corrected chi connectivity index (χ2v) is 4.96. The van der Waals surface area contributed by atoms with Gasteiger partial charge >= 0.3 is 0 Å². The summed E-state index contributed by atoms with van der Waals surface area (Å²) in [7, 11) is 3.11. The molecular weight excluding hydrogens is 324 g/mol. The predicted molar refractivity (Wildman–Crippen MR) is 90.9 cm³/mol. The number of rotatable bonds is 6. The lowest BCUT2D eigenvalue weighted by molar-refractivity contribution is 0.0950. The van der Waals surface area contributed by atoms with E-state index in [2.05, 4.69) is 20.7 Å². The number of amides is 1. The van der Waals surface area contributed by atoms with Crippen molar-refractivity contribution < 1.29 is 18.7 Å². The van der Waals surface area contributed by atoms with Crippen LogP contribution in [0.15, 0.2) is 52.2 Å². The van der Waals surface area contributed by atoms with Gasteiger partial charge in [0.25, 0.3) is 5.91 Å². The quantitative estimate of drug-likeness (QED) is 0.530. The maximum atomic E-state index is 12.1. The Balaban J connectivity index is 1.65. The van der Waals surface area contributed by atoms with Crippen LogP contribution in [0.4, 0.5) is 0 Å². The third kappa shape index (κ3) is 3.69. The molecule has 3 rings (SSSR count). The maximum absolute atomic E-state index is 12.1. The Morgan fingerprint density at radius 2 is 2.08 bits per heavy atom. The number of nitrogens with zero attached hydrogens (tertiary/aromatic N) is 2. The van der Waals surface area contributed by atoms with E-state index in [1.807, 2.05) is 0 Å². The molecule has 0 bridgehead atoms. The fraction of sp³-hybridized carbons (Fsp3) is 0.118. The monoisotopic (exact) mass is 340 g/mol. The van der Waals surface area contributed by atoms with E-state index in [-0.39, 0.29) is 5.69 Å². The predicted octanol–water partition coefficient (Wildman–Crippen LogP) is 2.45. The Morgan fingerprint density at radius 1 is 1.24 bits per heavy atom. The van der Waals surface area contributed by atoms with Crippen molar-refractivity contribution in [3.05, 3.63) is 53.9 Å². The van der Waals surface area contributed by atoms with E-state index < -0.39 is 5.91 Å². The van der Waals surface area contributed by atoms with Crippen LogP contribution in [0.3, 0.4) is 0 Å². The van der Waals surface area contributed by atoms with Crippen molar-refractivity contribution in [1.29, 1.82) is 0 Å². The number of methoxy groups -OCH3 is 2. The summed E-state index contributed by atoms with van der Waals surface area (Å²) in [4.78, 5) is 12.1. The summed E-state index contributed by atoms with van der Waals surface area (Å²) in [6.07, 6.45) is 3.04. The number of H-pyrrole nitrogens is 1. The first-order valence-electron chi connectivity index (χ1n) is 7.36. The molecule has 2 aromatic heterocycles. The van der Waals surface area contributed by atoms with Crippen molar-refractivity contribution in [2.45, 2.75) is 0 Å². The second-order valence-electron chi connectivity index (χ2n) is 4.96. The molecule has 0 aliphatic carbocycles. The van der Waals surface area contributed by atoms with Crippen LogP contribution in [-0.4, -0.2) is 36.5 Å². The van der Waals surface area contributed by atoms with Gasteiger partial charge in [0, 0.05) is 6.07 Å². The number of carbonyl (C=O) groups excluding carboxylic acids is 1. The first-order valence-corrected chi connectivity index (χ1v) is 7.36. The number of furan rings is 1. The van der Waals surface area contributed by atoms with Crippen molar-refractivity contribution >= 4 is 12.1 Å². The zero-order chi connectivity index (χ0) is 17.6. The number of hydrogen-bond donors (Lipinski definition) is 2. The molecular formula is C17H16N4O4. The molecule has 0 aliphatic heterocycles. The molecule has 0 radical (unpaired) electrons. The summed E-state index contributed by atoms with van der Waals surface area (Å²) in [6, 6.07) is 10.4. The normalized spacial score (nSPS) is 10.8. The standard InChI is InChI=1S/C17H16N4O4/c1-23-15-6-5-11(8-16(15)24-2)10-18-21-17(22)13-9-12(19-20-13)14-4-3-7-25-14/h3-10H,1-2H3,(H,19,20)(H,21,22). The molecule has 2 heterocycles. The molecule has 0 saturated carbocycles. The van der Waals surface area contributed by atoms with Crippen LogP contribution < -0.4 is 14.9 Å². The number of nitrogens with one attached hydrogen (secondary N) is 2. The molecule has 0 aliphatic rings. The van der Waals surface area contributed by atoms with Gasteiger partial charge in [-0.05, 0) is 35.9 Å². The lowest BCUT2D eigenvalue weighted by Gasteiger charge is -2.07. The molecule has 0 spiro atoms. The summed E-state index contributed by atoms with van der Waals surface area (Å²) in [5.74, 6) is 1.35. The summed E-state index contributed by atoms with van der Waals surface area (Å²) >= 11 is 0. The largest absolute Gasteiger partial charge is 0.493 e. The molecule has 0 saturated heterocycles. The number of carbonyl (C=O) groups is 1. The SMILES string of the molecule is COc1ccc(C=NNC(=O)c2cc(-c3ccco3)[nH]n2)cc1OC. The first-order chi connectivity index (χ1) is 12.2. The molecule has 1 aromatic carbocycles. The van der Waals surface area contributed by atoms with Crippen molar-refractivity contribution in [2.24, 2.45) is 5.10 Å². The van der Waals surface area contributed by atoms with Gasteiger partial charge in [-0.2, -0.15) is 10.2 Å². The Hall–Kier alpha value is -3.55. The fourth-order valence-electron chi connectivity index (χ4n) is 2.15. The number of aromatic amines is 1. The van der Waals surface area contributed by atoms with Crippen LogP contribution in [0.25, 0.3) is 11.5 Å². The molecule has 8 heteroatoms. The van der Waals surface area contributed by atoms with Gasteiger partial charge < -0.3 is 13.9 Å². The Labute approximate surface area is 143 Å². The van der Waals surface area contributed by atoms with E-state index in [1.165, 1.54) is 6.21 Å². The summed E-state index contributed by atoms with van der Waals surface area (Å²) < 4.78 is 15.6. The Bertz CT molecular complexity index is 884.